The number of H-pyrrole nitrogens is 1. The lowest BCUT2D eigenvalue weighted by Crippen LogP contribution is -2.19. The zero-order chi connectivity index (χ0) is 12.1. The lowest BCUT2D eigenvalue weighted by molar-refractivity contribution is -0.118. The number of hydrogen-bond acceptors (Lipinski definition) is 3. The fourth-order valence-electron chi connectivity index (χ4n) is 1.20. The van der Waals surface area contributed by atoms with Gasteiger partial charge in [-0.2, -0.15) is 5.10 Å². The first-order valence-electron chi connectivity index (χ1n) is 4.91. The number of aromatic nitrogens is 2. The van der Waals surface area contributed by atoms with Gasteiger partial charge in [-0.1, -0.05) is 15.9 Å². The van der Waals surface area contributed by atoms with E-state index in [1.54, 1.807) is 18.3 Å². The molecule has 0 aliphatic heterocycles. The van der Waals surface area contributed by atoms with E-state index in [4.69, 9.17) is 4.74 Å². The van der Waals surface area contributed by atoms with Gasteiger partial charge in [-0.05, 0) is 24.3 Å². The fraction of sp³-hybridized carbons (Fsp3) is 0.0909. The number of carbonyl (C=O) groups excluding carboxylic acids is 1. The molecule has 2 N–H and O–H groups in total. The summed E-state index contributed by atoms with van der Waals surface area (Å²) in [4.78, 5) is 11.5. The quantitative estimate of drug-likeness (QED) is 0.909. The van der Waals surface area contributed by atoms with Gasteiger partial charge in [0.15, 0.2) is 6.61 Å². The summed E-state index contributed by atoms with van der Waals surface area (Å²) in [6.45, 7) is -0.0349. The zero-order valence-electron chi connectivity index (χ0n) is 8.81. The van der Waals surface area contributed by atoms with Crippen LogP contribution in [-0.4, -0.2) is 22.7 Å². The highest BCUT2D eigenvalue weighted by molar-refractivity contribution is 9.10. The van der Waals surface area contributed by atoms with E-state index in [0.717, 1.165) is 4.47 Å². The van der Waals surface area contributed by atoms with Gasteiger partial charge in [0.05, 0.1) is 11.9 Å². The van der Waals surface area contributed by atoms with Crippen LogP contribution in [0.4, 0.5) is 5.69 Å². The number of ether oxygens (including phenoxy) is 1. The average molecular weight is 296 g/mol. The van der Waals surface area contributed by atoms with Gasteiger partial charge in [-0.3, -0.25) is 9.89 Å². The minimum Gasteiger partial charge on any atom is -0.484 e. The van der Waals surface area contributed by atoms with Crippen molar-refractivity contribution in [3.63, 3.8) is 0 Å². The van der Waals surface area contributed by atoms with Crippen LogP contribution in [0.3, 0.4) is 0 Å². The predicted molar refractivity (Wildman–Crippen MR) is 66.9 cm³/mol. The molecule has 0 aliphatic rings. The molecular weight excluding hydrogens is 286 g/mol. The summed E-state index contributed by atoms with van der Waals surface area (Å²) in [5, 5.41) is 8.96. The highest BCUT2D eigenvalue weighted by Crippen LogP contribution is 2.15. The van der Waals surface area contributed by atoms with E-state index in [9.17, 15) is 4.79 Å². The van der Waals surface area contributed by atoms with E-state index < -0.39 is 0 Å². The molecular formula is C11H10BrN3O2. The summed E-state index contributed by atoms with van der Waals surface area (Å²) in [5.74, 6) is 0.421. The molecule has 1 heterocycles. The molecule has 17 heavy (non-hydrogen) atoms. The fourth-order valence-corrected chi connectivity index (χ4v) is 1.46. The molecule has 0 aliphatic carbocycles. The van der Waals surface area contributed by atoms with Gasteiger partial charge >= 0.3 is 0 Å². The minimum atomic E-state index is -0.227. The smallest absolute Gasteiger partial charge is 0.262 e. The van der Waals surface area contributed by atoms with Crippen LogP contribution in [0.25, 0.3) is 0 Å². The maximum Gasteiger partial charge on any atom is 0.262 e. The Morgan fingerprint density at radius 1 is 1.41 bits per heavy atom. The Hall–Kier alpha value is -1.82. The Morgan fingerprint density at radius 3 is 2.82 bits per heavy atom. The summed E-state index contributed by atoms with van der Waals surface area (Å²) in [6, 6.07) is 7.27. The lowest BCUT2D eigenvalue weighted by atomic mass is 10.3. The van der Waals surface area contributed by atoms with Crippen molar-refractivity contribution in [3.05, 3.63) is 41.1 Å². The molecule has 0 saturated carbocycles. The Kier molecular flexibility index (Phi) is 3.77. The first-order valence-corrected chi connectivity index (χ1v) is 5.70. The molecule has 0 fully saturated rings. The Balaban J connectivity index is 1.82. The summed E-state index contributed by atoms with van der Waals surface area (Å²) in [6.07, 6.45) is 3.12. The van der Waals surface area contributed by atoms with E-state index in [1.165, 1.54) is 6.20 Å². The van der Waals surface area contributed by atoms with Crippen molar-refractivity contribution in [2.45, 2.75) is 0 Å². The van der Waals surface area contributed by atoms with E-state index in [1.807, 2.05) is 12.1 Å². The number of amides is 1. The third-order valence-corrected chi connectivity index (χ3v) is 2.49. The maximum absolute atomic E-state index is 11.5. The highest BCUT2D eigenvalue weighted by Gasteiger charge is 2.04. The van der Waals surface area contributed by atoms with Crippen LogP contribution in [0.5, 0.6) is 5.75 Å². The molecule has 0 atom stereocenters. The number of carbonyl (C=O) groups is 1. The topological polar surface area (TPSA) is 67.0 Å². The SMILES string of the molecule is O=C(COc1ccc(Br)cc1)Nc1cn[nH]c1. The summed E-state index contributed by atoms with van der Waals surface area (Å²) >= 11 is 3.32. The van der Waals surface area contributed by atoms with Gasteiger partial charge in [-0.15, -0.1) is 0 Å². The highest BCUT2D eigenvalue weighted by atomic mass is 79.9. The summed E-state index contributed by atoms with van der Waals surface area (Å²) < 4.78 is 6.27. The molecule has 0 spiro atoms. The number of nitrogens with zero attached hydrogens (tertiary/aromatic N) is 1. The standard InChI is InChI=1S/C11H10BrN3O2/c12-8-1-3-10(4-2-8)17-7-11(16)15-9-5-13-14-6-9/h1-6H,7H2,(H,13,14)(H,15,16). The molecule has 0 saturated heterocycles. The second-order valence-corrected chi connectivity index (χ2v) is 4.19. The third kappa shape index (κ3) is 3.60. The molecule has 1 aromatic heterocycles. The number of benzene rings is 1. The van der Waals surface area contributed by atoms with Gasteiger partial charge < -0.3 is 10.1 Å². The van der Waals surface area contributed by atoms with Gasteiger partial charge in [0.2, 0.25) is 0 Å². The predicted octanol–water partition coefficient (Wildman–Crippen LogP) is 2.19. The van der Waals surface area contributed by atoms with Gasteiger partial charge in [0.25, 0.3) is 5.91 Å². The van der Waals surface area contributed by atoms with Crippen LogP contribution < -0.4 is 10.1 Å². The van der Waals surface area contributed by atoms with Crippen molar-refractivity contribution in [2.24, 2.45) is 0 Å². The summed E-state index contributed by atoms with van der Waals surface area (Å²) in [7, 11) is 0. The molecule has 1 amide bonds. The average Bonchev–Trinajstić information content (AvgIpc) is 2.81. The second-order valence-electron chi connectivity index (χ2n) is 3.28. The van der Waals surface area contributed by atoms with Crippen molar-refractivity contribution in [1.29, 1.82) is 0 Å². The van der Waals surface area contributed by atoms with Crippen molar-refractivity contribution in [1.82, 2.24) is 10.2 Å². The molecule has 0 radical (unpaired) electrons. The van der Waals surface area contributed by atoms with Crippen LogP contribution in [-0.2, 0) is 4.79 Å². The number of rotatable bonds is 4. The number of hydrogen-bond donors (Lipinski definition) is 2. The van der Waals surface area contributed by atoms with Gasteiger partial charge in [-0.25, -0.2) is 0 Å². The number of aromatic amines is 1. The molecule has 2 rings (SSSR count). The molecule has 0 unspecified atom stereocenters. The molecule has 0 bridgehead atoms. The number of anilines is 1. The van der Waals surface area contributed by atoms with E-state index in [0.29, 0.717) is 11.4 Å². The minimum absolute atomic E-state index is 0.0349. The largest absolute Gasteiger partial charge is 0.484 e. The van der Waals surface area contributed by atoms with Crippen LogP contribution >= 0.6 is 15.9 Å². The molecule has 6 heteroatoms. The van der Waals surface area contributed by atoms with Gasteiger partial charge in [0.1, 0.15) is 5.75 Å². The molecule has 88 valence electrons. The second kappa shape index (κ2) is 5.49. The summed E-state index contributed by atoms with van der Waals surface area (Å²) in [5.41, 5.74) is 0.620. The molecule has 5 nitrogen and oxygen atoms in total. The van der Waals surface area contributed by atoms with Crippen LogP contribution in [0.2, 0.25) is 0 Å². The van der Waals surface area contributed by atoms with E-state index in [-0.39, 0.29) is 12.5 Å². The Labute approximate surface area is 106 Å². The Bertz CT molecular complexity index is 482. The van der Waals surface area contributed by atoms with Gasteiger partial charge in [0, 0.05) is 10.7 Å². The zero-order valence-corrected chi connectivity index (χ0v) is 10.4. The first kappa shape index (κ1) is 11.7. The Morgan fingerprint density at radius 2 is 2.18 bits per heavy atom. The van der Waals surface area contributed by atoms with Crippen molar-refractivity contribution < 1.29 is 9.53 Å². The van der Waals surface area contributed by atoms with Crippen LogP contribution in [0, 0.1) is 0 Å². The van der Waals surface area contributed by atoms with Crippen LogP contribution in [0.15, 0.2) is 41.1 Å². The first-order chi connectivity index (χ1) is 8.24. The van der Waals surface area contributed by atoms with Crippen molar-refractivity contribution in [2.75, 3.05) is 11.9 Å². The number of nitrogens with one attached hydrogen (secondary N) is 2. The van der Waals surface area contributed by atoms with E-state index in [2.05, 4.69) is 31.4 Å². The number of halogens is 1. The normalized spacial score (nSPS) is 9.94. The van der Waals surface area contributed by atoms with Crippen molar-refractivity contribution >= 4 is 27.5 Å². The monoisotopic (exact) mass is 295 g/mol. The van der Waals surface area contributed by atoms with E-state index >= 15 is 0 Å². The lowest BCUT2D eigenvalue weighted by Gasteiger charge is -2.05. The molecule has 2 aromatic rings. The maximum atomic E-state index is 11.5. The molecule has 1 aromatic carbocycles. The van der Waals surface area contributed by atoms with Crippen LogP contribution in [0.1, 0.15) is 0 Å². The van der Waals surface area contributed by atoms with Crippen molar-refractivity contribution in [3.8, 4) is 5.75 Å². The third-order valence-electron chi connectivity index (χ3n) is 1.97.